The van der Waals surface area contributed by atoms with Gasteiger partial charge in [-0.3, -0.25) is 4.99 Å². The van der Waals surface area contributed by atoms with E-state index in [9.17, 15) is 0 Å². The lowest BCUT2D eigenvalue weighted by Gasteiger charge is -2.24. The van der Waals surface area contributed by atoms with Gasteiger partial charge < -0.3 is 10.6 Å². The summed E-state index contributed by atoms with van der Waals surface area (Å²) >= 11 is 2.07. The monoisotopic (exact) mass is 291 g/mol. The van der Waals surface area contributed by atoms with Crippen molar-refractivity contribution in [2.75, 3.05) is 19.3 Å². The normalized spacial score (nSPS) is 22.9. The minimum absolute atomic E-state index is 0.362. The van der Waals surface area contributed by atoms with Crippen LogP contribution in [-0.4, -0.2) is 30.1 Å². The zero-order valence-electron chi connectivity index (χ0n) is 12.7. The Balaban J connectivity index is 1.81. The van der Waals surface area contributed by atoms with E-state index in [2.05, 4.69) is 65.5 Å². The van der Waals surface area contributed by atoms with Gasteiger partial charge in [0.05, 0.1) is 0 Å². The molecule has 0 aromatic heterocycles. The first kappa shape index (κ1) is 15.2. The number of aliphatic imine (C=N–C) groups is 1. The van der Waals surface area contributed by atoms with Crippen LogP contribution in [0.3, 0.4) is 0 Å². The van der Waals surface area contributed by atoms with Gasteiger partial charge in [0.1, 0.15) is 0 Å². The van der Waals surface area contributed by atoms with Gasteiger partial charge in [-0.05, 0) is 38.0 Å². The molecule has 0 spiro atoms. The number of thioether (sulfide) groups is 1. The Kier molecular flexibility index (Phi) is 5.35. The van der Waals surface area contributed by atoms with Gasteiger partial charge in [0, 0.05) is 24.9 Å². The number of aryl methyl sites for hydroxylation is 1. The van der Waals surface area contributed by atoms with E-state index < -0.39 is 0 Å². The van der Waals surface area contributed by atoms with Gasteiger partial charge in [0.15, 0.2) is 5.96 Å². The standard InChI is InChI=1S/C16H25N3S/c1-13-6-4-7-14(10-13)11-18-15(17-3)19-12-16(2)8-5-9-20-16/h4,6-7,10H,5,8-9,11-12H2,1-3H3,(H2,17,18,19). The summed E-state index contributed by atoms with van der Waals surface area (Å²) in [6, 6.07) is 8.56. The summed E-state index contributed by atoms with van der Waals surface area (Å²) in [6.07, 6.45) is 2.62. The molecule has 1 aliphatic rings. The van der Waals surface area contributed by atoms with Crippen molar-refractivity contribution in [3.63, 3.8) is 0 Å². The third kappa shape index (κ3) is 4.44. The van der Waals surface area contributed by atoms with Crippen LogP contribution in [0, 0.1) is 6.92 Å². The van der Waals surface area contributed by atoms with Crippen LogP contribution in [0.4, 0.5) is 0 Å². The molecule has 1 aromatic rings. The number of hydrogen-bond donors (Lipinski definition) is 2. The molecule has 110 valence electrons. The van der Waals surface area contributed by atoms with Crippen molar-refractivity contribution < 1.29 is 0 Å². The fourth-order valence-electron chi connectivity index (χ4n) is 2.48. The van der Waals surface area contributed by atoms with Crippen LogP contribution in [-0.2, 0) is 6.54 Å². The van der Waals surface area contributed by atoms with Crippen LogP contribution in [0.2, 0.25) is 0 Å². The fraction of sp³-hybridized carbons (Fsp3) is 0.562. The highest BCUT2D eigenvalue weighted by Gasteiger charge is 2.29. The predicted molar refractivity (Wildman–Crippen MR) is 89.5 cm³/mol. The second-order valence-corrected chi connectivity index (χ2v) is 7.35. The third-order valence-corrected chi connectivity index (χ3v) is 5.23. The average Bonchev–Trinajstić information content (AvgIpc) is 2.86. The predicted octanol–water partition coefficient (Wildman–Crippen LogP) is 2.95. The van der Waals surface area contributed by atoms with Gasteiger partial charge in [-0.25, -0.2) is 0 Å². The summed E-state index contributed by atoms with van der Waals surface area (Å²) < 4.78 is 0.362. The summed E-state index contributed by atoms with van der Waals surface area (Å²) in [6.45, 7) is 6.25. The van der Waals surface area contributed by atoms with Crippen LogP contribution in [0.5, 0.6) is 0 Å². The summed E-state index contributed by atoms with van der Waals surface area (Å²) in [5.41, 5.74) is 2.58. The van der Waals surface area contributed by atoms with E-state index in [0.29, 0.717) is 4.75 Å². The molecule has 20 heavy (non-hydrogen) atoms. The second kappa shape index (κ2) is 7.02. The number of rotatable bonds is 4. The maximum Gasteiger partial charge on any atom is 0.191 e. The van der Waals surface area contributed by atoms with E-state index in [-0.39, 0.29) is 0 Å². The first-order valence-electron chi connectivity index (χ1n) is 7.25. The second-order valence-electron chi connectivity index (χ2n) is 5.67. The smallest absolute Gasteiger partial charge is 0.191 e. The topological polar surface area (TPSA) is 36.4 Å². The quantitative estimate of drug-likeness (QED) is 0.661. The van der Waals surface area contributed by atoms with Gasteiger partial charge in [-0.1, -0.05) is 29.8 Å². The lowest BCUT2D eigenvalue weighted by Crippen LogP contribution is -2.43. The molecular weight excluding hydrogens is 266 g/mol. The van der Waals surface area contributed by atoms with Crippen molar-refractivity contribution >= 4 is 17.7 Å². The molecule has 1 atom stereocenters. The number of benzene rings is 1. The molecule has 4 heteroatoms. The van der Waals surface area contributed by atoms with Crippen molar-refractivity contribution in [3.05, 3.63) is 35.4 Å². The van der Waals surface area contributed by atoms with Crippen LogP contribution < -0.4 is 10.6 Å². The van der Waals surface area contributed by atoms with Gasteiger partial charge in [0.25, 0.3) is 0 Å². The van der Waals surface area contributed by atoms with Crippen molar-refractivity contribution in [2.45, 2.75) is 38.0 Å². The van der Waals surface area contributed by atoms with Crippen LogP contribution in [0.15, 0.2) is 29.3 Å². The third-order valence-electron chi connectivity index (χ3n) is 3.70. The number of nitrogens with zero attached hydrogens (tertiary/aromatic N) is 1. The number of nitrogens with one attached hydrogen (secondary N) is 2. The van der Waals surface area contributed by atoms with Crippen LogP contribution in [0.1, 0.15) is 30.9 Å². The zero-order valence-corrected chi connectivity index (χ0v) is 13.5. The van der Waals surface area contributed by atoms with Crippen molar-refractivity contribution in [2.24, 2.45) is 4.99 Å². The van der Waals surface area contributed by atoms with E-state index in [1.54, 1.807) is 0 Å². The van der Waals surface area contributed by atoms with Gasteiger partial charge in [0.2, 0.25) is 0 Å². The Hall–Kier alpha value is -1.16. The molecule has 2 N–H and O–H groups in total. The van der Waals surface area contributed by atoms with E-state index in [0.717, 1.165) is 19.0 Å². The summed E-state index contributed by atoms with van der Waals surface area (Å²) in [4.78, 5) is 4.30. The number of guanidine groups is 1. The Morgan fingerprint density at radius 3 is 2.90 bits per heavy atom. The first-order valence-corrected chi connectivity index (χ1v) is 8.24. The van der Waals surface area contributed by atoms with Crippen molar-refractivity contribution in [3.8, 4) is 0 Å². The first-order chi connectivity index (χ1) is 9.61. The van der Waals surface area contributed by atoms with Gasteiger partial charge in [-0.2, -0.15) is 11.8 Å². The van der Waals surface area contributed by atoms with Crippen molar-refractivity contribution in [1.82, 2.24) is 10.6 Å². The lowest BCUT2D eigenvalue weighted by atomic mass is 10.1. The number of hydrogen-bond acceptors (Lipinski definition) is 2. The minimum atomic E-state index is 0.362. The van der Waals surface area contributed by atoms with Gasteiger partial charge >= 0.3 is 0 Å². The molecule has 1 aromatic carbocycles. The summed E-state index contributed by atoms with van der Waals surface area (Å²) in [5, 5.41) is 6.84. The molecule has 0 saturated carbocycles. The molecule has 0 aliphatic carbocycles. The lowest BCUT2D eigenvalue weighted by molar-refractivity contribution is 0.584. The maximum absolute atomic E-state index is 4.30. The highest BCUT2D eigenvalue weighted by Crippen LogP contribution is 2.36. The highest BCUT2D eigenvalue weighted by atomic mass is 32.2. The van der Waals surface area contributed by atoms with Gasteiger partial charge in [-0.15, -0.1) is 0 Å². The summed E-state index contributed by atoms with van der Waals surface area (Å²) in [7, 11) is 1.83. The molecule has 0 amide bonds. The van der Waals surface area contributed by atoms with Crippen LogP contribution >= 0.6 is 11.8 Å². The SMILES string of the molecule is CN=C(NCc1cccc(C)c1)NCC1(C)CCCS1. The van der Waals surface area contributed by atoms with E-state index >= 15 is 0 Å². The average molecular weight is 291 g/mol. The highest BCUT2D eigenvalue weighted by molar-refractivity contribution is 8.00. The molecule has 0 bridgehead atoms. The largest absolute Gasteiger partial charge is 0.355 e. The Morgan fingerprint density at radius 2 is 2.25 bits per heavy atom. The molecule has 1 saturated heterocycles. The molecule has 1 heterocycles. The minimum Gasteiger partial charge on any atom is -0.355 e. The zero-order chi connectivity index (χ0) is 14.4. The molecule has 2 rings (SSSR count). The molecular formula is C16H25N3S. The molecule has 0 radical (unpaired) electrons. The molecule has 1 fully saturated rings. The van der Waals surface area contributed by atoms with E-state index in [4.69, 9.17) is 0 Å². The Morgan fingerprint density at radius 1 is 1.40 bits per heavy atom. The molecule has 3 nitrogen and oxygen atoms in total. The Bertz CT molecular complexity index is 465. The van der Waals surface area contributed by atoms with E-state index in [1.807, 2.05) is 7.05 Å². The molecule has 1 unspecified atom stereocenters. The molecule has 1 aliphatic heterocycles. The Labute approximate surface area is 126 Å². The maximum atomic E-state index is 4.30. The fourth-order valence-corrected chi connectivity index (χ4v) is 3.72. The van der Waals surface area contributed by atoms with E-state index in [1.165, 1.54) is 29.7 Å². The van der Waals surface area contributed by atoms with Crippen LogP contribution in [0.25, 0.3) is 0 Å². The van der Waals surface area contributed by atoms with Crippen molar-refractivity contribution in [1.29, 1.82) is 0 Å². The summed E-state index contributed by atoms with van der Waals surface area (Å²) in [5.74, 6) is 2.17.